The third-order valence-corrected chi connectivity index (χ3v) is 2.30. The Bertz CT molecular complexity index is 633. The van der Waals surface area contributed by atoms with Crippen molar-refractivity contribution in [2.24, 2.45) is 0 Å². The standard InChI is InChI=1S/C13H7F3N2/c14-9-1-3-12(8(5-9)7-17)18-13-4-2-10(15)6-11(13)16/h1-6,18H. The summed E-state index contributed by atoms with van der Waals surface area (Å²) in [7, 11) is 0. The number of rotatable bonds is 2. The lowest BCUT2D eigenvalue weighted by Crippen LogP contribution is -1.97. The first-order chi connectivity index (χ1) is 8.60. The lowest BCUT2D eigenvalue weighted by Gasteiger charge is -2.09. The molecule has 0 spiro atoms. The minimum atomic E-state index is -0.789. The fourth-order valence-corrected chi connectivity index (χ4v) is 1.45. The van der Waals surface area contributed by atoms with Gasteiger partial charge in [-0.3, -0.25) is 0 Å². The summed E-state index contributed by atoms with van der Waals surface area (Å²) in [6, 6.07) is 8.29. The first-order valence-electron chi connectivity index (χ1n) is 5.02. The first-order valence-corrected chi connectivity index (χ1v) is 5.02. The average molecular weight is 248 g/mol. The Labute approximate surface area is 101 Å². The zero-order chi connectivity index (χ0) is 13.1. The predicted octanol–water partition coefficient (Wildman–Crippen LogP) is 3.72. The third-order valence-electron chi connectivity index (χ3n) is 2.30. The molecular formula is C13H7F3N2. The molecular weight excluding hydrogens is 241 g/mol. The van der Waals surface area contributed by atoms with Crippen molar-refractivity contribution in [1.82, 2.24) is 0 Å². The zero-order valence-electron chi connectivity index (χ0n) is 9.05. The van der Waals surface area contributed by atoms with Crippen LogP contribution in [0.2, 0.25) is 0 Å². The summed E-state index contributed by atoms with van der Waals surface area (Å²) in [5, 5.41) is 11.4. The van der Waals surface area contributed by atoms with E-state index in [2.05, 4.69) is 5.32 Å². The van der Waals surface area contributed by atoms with Crippen molar-refractivity contribution in [3.05, 3.63) is 59.4 Å². The molecule has 2 rings (SSSR count). The highest BCUT2D eigenvalue weighted by Gasteiger charge is 2.08. The van der Waals surface area contributed by atoms with Gasteiger partial charge in [0.05, 0.1) is 16.9 Å². The number of nitriles is 1. The van der Waals surface area contributed by atoms with Crippen LogP contribution in [0.5, 0.6) is 0 Å². The van der Waals surface area contributed by atoms with Crippen LogP contribution in [0.15, 0.2) is 36.4 Å². The van der Waals surface area contributed by atoms with Gasteiger partial charge >= 0.3 is 0 Å². The minimum absolute atomic E-state index is 0.0134. The van der Waals surface area contributed by atoms with E-state index in [1.807, 2.05) is 0 Å². The quantitative estimate of drug-likeness (QED) is 0.879. The Hall–Kier alpha value is -2.48. The van der Waals surface area contributed by atoms with E-state index in [-0.39, 0.29) is 16.9 Å². The van der Waals surface area contributed by atoms with Crippen LogP contribution < -0.4 is 5.32 Å². The van der Waals surface area contributed by atoms with Crippen molar-refractivity contribution in [2.45, 2.75) is 0 Å². The number of nitrogens with one attached hydrogen (secondary N) is 1. The van der Waals surface area contributed by atoms with Crippen LogP contribution in [-0.4, -0.2) is 0 Å². The minimum Gasteiger partial charge on any atom is -0.352 e. The van der Waals surface area contributed by atoms with E-state index in [1.54, 1.807) is 6.07 Å². The summed E-state index contributed by atoms with van der Waals surface area (Å²) < 4.78 is 39.0. The summed E-state index contributed by atoms with van der Waals surface area (Å²) in [6.45, 7) is 0. The monoisotopic (exact) mass is 248 g/mol. The summed E-state index contributed by atoms with van der Waals surface area (Å²) >= 11 is 0. The number of halogens is 3. The van der Waals surface area contributed by atoms with Crippen molar-refractivity contribution in [2.75, 3.05) is 5.32 Å². The van der Waals surface area contributed by atoms with Gasteiger partial charge in [0.2, 0.25) is 0 Å². The Kier molecular flexibility index (Phi) is 3.20. The number of anilines is 2. The summed E-state index contributed by atoms with van der Waals surface area (Å²) in [4.78, 5) is 0. The molecule has 0 saturated carbocycles. The molecule has 0 unspecified atom stereocenters. The van der Waals surface area contributed by atoms with E-state index >= 15 is 0 Å². The summed E-state index contributed by atoms with van der Waals surface area (Å²) in [6.07, 6.45) is 0. The van der Waals surface area contributed by atoms with Crippen LogP contribution in [-0.2, 0) is 0 Å². The Morgan fingerprint density at radius 2 is 1.50 bits per heavy atom. The van der Waals surface area contributed by atoms with Crippen LogP contribution in [0.3, 0.4) is 0 Å². The highest BCUT2D eigenvalue weighted by atomic mass is 19.1. The van der Waals surface area contributed by atoms with Crippen LogP contribution in [0.1, 0.15) is 5.56 Å². The second kappa shape index (κ2) is 4.80. The van der Waals surface area contributed by atoms with Gasteiger partial charge in [-0.2, -0.15) is 5.26 Å². The fourth-order valence-electron chi connectivity index (χ4n) is 1.45. The van der Waals surface area contributed by atoms with Gasteiger partial charge in [0.25, 0.3) is 0 Å². The normalized spacial score (nSPS) is 9.89. The number of hydrogen-bond acceptors (Lipinski definition) is 2. The molecule has 0 aromatic heterocycles. The maximum atomic E-state index is 13.4. The lowest BCUT2D eigenvalue weighted by molar-refractivity contribution is 0.586. The Morgan fingerprint density at radius 1 is 0.889 bits per heavy atom. The number of benzene rings is 2. The molecule has 0 aliphatic heterocycles. The van der Waals surface area contributed by atoms with E-state index in [0.29, 0.717) is 0 Å². The summed E-state index contributed by atoms with van der Waals surface area (Å²) in [5.74, 6) is -2.04. The SMILES string of the molecule is N#Cc1cc(F)ccc1Nc1ccc(F)cc1F. The topological polar surface area (TPSA) is 35.8 Å². The van der Waals surface area contributed by atoms with Crippen molar-refractivity contribution in [3.8, 4) is 6.07 Å². The van der Waals surface area contributed by atoms with E-state index in [9.17, 15) is 13.2 Å². The molecule has 18 heavy (non-hydrogen) atoms. The molecule has 0 saturated heterocycles. The molecule has 0 aliphatic carbocycles. The smallest absolute Gasteiger partial charge is 0.149 e. The second-order valence-electron chi connectivity index (χ2n) is 3.55. The van der Waals surface area contributed by atoms with Gasteiger partial charge in [-0.05, 0) is 30.3 Å². The molecule has 1 N–H and O–H groups in total. The van der Waals surface area contributed by atoms with Gasteiger partial charge in [0, 0.05) is 6.07 Å². The van der Waals surface area contributed by atoms with Gasteiger partial charge in [-0.1, -0.05) is 0 Å². The molecule has 2 nitrogen and oxygen atoms in total. The van der Waals surface area contributed by atoms with E-state index in [1.165, 1.54) is 12.1 Å². The molecule has 0 aliphatic rings. The third kappa shape index (κ3) is 2.43. The molecule has 2 aromatic rings. The van der Waals surface area contributed by atoms with Crippen molar-refractivity contribution >= 4 is 11.4 Å². The molecule has 90 valence electrons. The van der Waals surface area contributed by atoms with Crippen molar-refractivity contribution < 1.29 is 13.2 Å². The molecule has 0 fully saturated rings. The van der Waals surface area contributed by atoms with E-state index in [4.69, 9.17) is 5.26 Å². The Balaban J connectivity index is 2.37. The van der Waals surface area contributed by atoms with E-state index in [0.717, 1.165) is 24.3 Å². The van der Waals surface area contributed by atoms with Crippen LogP contribution in [0.4, 0.5) is 24.5 Å². The van der Waals surface area contributed by atoms with Gasteiger partial charge in [0.15, 0.2) is 0 Å². The number of nitrogens with zero attached hydrogens (tertiary/aromatic N) is 1. The zero-order valence-corrected chi connectivity index (χ0v) is 9.05. The molecule has 0 atom stereocenters. The maximum Gasteiger partial charge on any atom is 0.149 e. The highest BCUT2D eigenvalue weighted by Crippen LogP contribution is 2.23. The fraction of sp³-hybridized carbons (Fsp3) is 0. The molecule has 0 bridgehead atoms. The maximum absolute atomic E-state index is 13.4. The molecule has 0 amide bonds. The lowest BCUT2D eigenvalue weighted by atomic mass is 10.2. The second-order valence-corrected chi connectivity index (χ2v) is 3.55. The number of hydrogen-bond donors (Lipinski definition) is 1. The van der Waals surface area contributed by atoms with Gasteiger partial charge in [0.1, 0.15) is 23.5 Å². The van der Waals surface area contributed by atoms with Crippen molar-refractivity contribution in [1.29, 1.82) is 5.26 Å². The summed E-state index contributed by atoms with van der Waals surface area (Å²) in [5.41, 5.74) is 0.308. The molecule has 5 heteroatoms. The predicted molar refractivity (Wildman–Crippen MR) is 60.8 cm³/mol. The van der Waals surface area contributed by atoms with Gasteiger partial charge in [-0.25, -0.2) is 13.2 Å². The van der Waals surface area contributed by atoms with Crippen LogP contribution in [0, 0.1) is 28.8 Å². The molecule has 0 heterocycles. The van der Waals surface area contributed by atoms with Gasteiger partial charge in [-0.15, -0.1) is 0 Å². The average Bonchev–Trinajstić information content (AvgIpc) is 2.34. The van der Waals surface area contributed by atoms with E-state index < -0.39 is 17.5 Å². The van der Waals surface area contributed by atoms with Gasteiger partial charge < -0.3 is 5.32 Å². The van der Waals surface area contributed by atoms with Crippen LogP contribution in [0.25, 0.3) is 0 Å². The molecule has 0 radical (unpaired) electrons. The highest BCUT2D eigenvalue weighted by molar-refractivity contribution is 5.66. The molecule has 2 aromatic carbocycles. The Morgan fingerprint density at radius 3 is 2.11 bits per heavy atom. The largest absolute Gasteiger partial charge is 0.352 e. The van der Waals surface area contributed by atoms with Crippen LogP contribution >= 0.6 is 0 Å². The van der Waals surface area contributed by atoms with Crippen molar-refractivity contribution in [3.63, 3.8) is 0 Å². The first kappa shape index (κ1) is 12.0.